The van der Waals surface area contributed by atoms with Crippen molar-refractivity contribution in [2.45, 2.75) is 52.4 Å². The highest BCUT2D eigenvalue weighted by Gasteiger charge is 1.90. The van der Waals surface area contributed by atoms with Crippen LogP contribution in [0.2, 0.25) is 0 Å². The normalized spacial score (nSPS) is 10.7. The van der Waals surface area contributed by atoms with Crippen molar-refractivity contribution in [3.63, 3.8) is 0 Å². The van der Waals surface area contributed by atoms with Gasteiger partial charge in [0.2, 0.25) is 0 Å². The van der Waals surface area contributed by atoms with Gasteiger partial charge >= 0.3 is 0 Å². The average molecular weight is 202 g/mol. The van der Waals surface area contributed by atoms with Crippen LogP contribution >= 0.6 is 0 Å². The molecule has 86 valence electrons. The third kappa shape index (κ3) is 11.9. The SMILES string of the molecule is CCCCCCOCCOCCCC. The number of unbranched alkanes of at least 4 members (excludes halogenated alkanes) is 4. The molecule has 2 nitrogen and oxygen atoms in total. The quantitative estimate of drug-likeness (QED) is 0.478. The maximum atomic E-state index is 5.44. The fourth-order valence-electron chi connectivity index (χ4n) is 1.20. The van der Waals surface area contributed by atoms with Gasteiger partial charge in [0.15, 0.2) is 0 Å². The Kier molecular flexibility index (Phi) is 12.8. The summed E-state index contributed by atoms with van der Waals surface area (Å²) in [4.78, 5) is 0. The Balaban J connectivity index is 2.78. The van der Waals surface area contributed by atoms with Crippen LogP contribution in [0.25, 0.3) is 0 Å². The lowest BCUT2D eigenvalue weighted by Gasteiger charge is -2.04. The van der Waals surface area contributed by atoms with Gasteiger partial charge in [-0.3, -0.25) is 0 Å². The first-order valence-electron chi connectivity index (χ1n) is 6.07. The zero-order valence-corrected chi connectivity index (χ0v) is 9.89. The summed E-state index contributed by atoms with van der Waals surface area (Å²) in [5.41, 5.74) is 0. The van der Waals surface area contributed by atoms with Crippen molar-refractivity contribution in [1.82, 2.24) is 0 Å². The molecule has 0 N–H and O–H groups in total. The van der Waals surface area contributed by atoms with E-state index in [-0.39, 0.29) is 0 Å². The number of hydrogen-bond donors (Lipinski definition) is 0. The molecule has 14 heavy (non-hydrogen) atoms. The average Bonchev–Trinajstić information content (AvgIpc) is 2.21. The van der Waals surface area contributed by atoms with Crippen molar-refractivity contribution in [3.8, 4) is 0 Å². The van der Waals surface area contributed by atoms with Crippen LogP contribution in [0.15, 0.2) is 0 Å². The smallest absolute Gasteiger partial charge is 0.0700 e. The standard InChI is InChI=1S/C12H26O2/c1-3-5-7-8-10-14-12-11-13-9-6-4-2/h3-12H2,1-2H3. The molecule has 0 radical (unpaired) electrons. The van der Waals surface area contributed by atoms with E-state index in [4.69, 9.17) is 9.47 Å². The Bertz CT molecular complexity index is 82.3. The molecule has 0 rings (SSSR count). The van der Waals surface area contributed by atoms with Crippen molar-refractivity contribution in [3.05, 3.63) is 0 Å². The zero-order valence-electron chi connectivity index (χ0n) is 9.89. The summed E-state index contributed by atoms with van der Waals surface area (Å²) in [6.07, 6.45) is 7.49. The van der Waals surface area contributed by atoms with Crippen molar-refractivity contribution in [2.75, 3.05) is 26.4 Å². The first-order valence-corrected chi connectivity index (χ1v) is 6.07. The molecule has 0 heterocycles. The van der Waals surface area contributed by atoms with E-state index in [1.807, 2.05) is 0 Å². The summed E-state index contributed by atoms with van der Waals surface area (Å²) in [5.74, 6) is 0. The van der Waals surface area contributed by atoms with Gasteiger partial charge in [-0.05, 0) is 12.8 Å². The molecule has 0 bridgehead atoms. The molecule has 0 aliphatic rings. The molecule has 0 aromatic heterocycles. The van der Waals surface area contributed by atoms with Crippen molar-refractivity contribution in [1.29, 1.82) is 0 Å². The molecule has 2 heteroatoms. The molecule has 0 aliphatic carbocycles. The zero-order chi connectivity index (χ0) is 10.5. The second kappa shape index (κ2) is 12.9. The van der Waals surface area contributed by atoms with Gasteiger partial charge in [-0.2, -0.15) is 0 Å². The third-order valence-electron chi connectivity index (χ3n) is 2.16. The first kappa shape index (κ1) is 13.9. The monoisotopic (exact) mass is 202 g/mol. The Labute approximate surface area is 89.0 Å². The Hall–Kier alpha value is -0.0800. The molecule has 0 spiro atoms. The second-order valence-corrected chi connectivity index (χ2v) is 3.64. The van der Waals surface area contributed by atoms with Crippen LogP contribution in [-0.2, 0) is 9.47 Å². The van der Waals surface area contributed by atoms with Gasteiger partial charge in [0.05, 0.1) is 13.2 Å². The molecule has 0 fully saturated rings. The van der Waals surface area contributed by atoms with Crippen molar-refractivity contribution >= 4 is 0 Å². The molecule has 0 saturated carbocycles. The maximum Gasteiger partial charge on any atom is 0.0700 e. The third-order valence-corrected chi connectivity index (χ3v) is 2.16. The molecule has 0 unspecified atom stereocenters. The predicted molar refractivity (Wildman–Crippen MR) is 60.7 cm³/mol. The van der Waals surface area contributed by atoms with Crippen LogP contribution in [-0.4, -0.2) is 26.4 Å². The summed E-state index contributed by atoms with van der Waals surface area (Å²) in [6.45, 7) is 7.70. The Morgan fingerprint density at radius 3 is 1.71 bits per heavy atom. The van der Waals surface area contributed by atoms with Gasteiger partial charge in [0, 0.05) is 13.2 Å². The summed E-state index contributed by atoms with van der Waals surface area (Å²) in [5, 5.41) is 0. The molecule has 0 atom stereocenters. The van der Waals surface area contributed by atoms with Crippen molar-refractivity contribution in [2.24, 2.45) is 0 Å². The molecular weight excluding hydrogens is 176 g/mol. The largest absolute Gasteiger partial charge is 0.379 e. The van der Waals surface area contributed by atoms with Gasteiger partial charge in [-0.25, -0.2) is 0 Å². The van der Waals surface area contributed by atoms with Crippen LogP contribution in [0.4, 0.5) is 0 Å². The first-order chi connectivity index (χ1) is 6.91. The number of ether oxygens (including phenoxy) is 2. The Morgan fingerprint density at radius 2 is 1.14 bits per heavy atom. The molecule has 0 aliphatic heterocycles. The van der Waals surface area contributed by atoms with Crippen LogP contribution in [0.3, 0.4) is 0 Å². The van der Waals surface area contributed by atoms with E-state index in [0.717, 1.165) is 32.8 Å². The lowest BCUT2D eigenvalue weighted by Crippen LogP contribution is -2.06. The summed E-state index contributed by atoms with van der Waals surface area (Å²) in [7, 11) is 0. The van der Waals surface area contributed by atoms with Gasteiger partial charge in [0.1, 0.15) is 0 Å². The predicted octanol–water partition coefficient (Wildman–Crippen LogP) is 3.40. The van der Waals surface area contributed by atoms with Gasteiger partial charge in [0.25, 0.3) is 0 Å². The Morgan fingerprint density at radius 1 is 0.571 bits per heavy atom. The molecule has 0 aromatic carbocycles. The van der Waals surface area contributed by atoms with E-state index in [1.54, 1.807) is 0 Å². The molecule has 0 saturated heterocycles. The molecule has 0 aromatic rings. The van der Waals surface area contributed by atoms with E-state index in [9.17, 15) is 0 Å². The topological polar surface area (TPSA) is 18.5 Å². The van der Waals surface area contributed by atoms with E-state index in [2.05, 4.69) is 13.8 Å². The van der Waals surface area contributed by atoms with Gasteiger partial charge in [-0.1, -0.05) is 39.5 Å². The van der Waals surface area contributed by atoms with E-state index in [0.29, 0.717) is 0 Å². The van der Waals surface area contributed by atoms with Gasteiger partial charge < -0.3 is 9.47 Å². The van der Waals surface area contributed by atoms with E-state index >= 15 is 0 Å². The van der Waals surface area contributed by atoms with Gasteiger partial charge in [-0.15, -0.1) is 0 Å². The van der Waals surface area contributed by atoms with Crippen LogP contribution in [0.1, 0.15) is 52.4 Å². The van der Waals surface area contributed by atoms with E-state index < -0.39 is 0 Å². The van der Waals surface area contributed by atoms with E-state index in [1.165, 1.54) is 32.1 Å². The summed E-state index contributed by atoms with van der Waals surface area (Å²) < 4.78 is 10.8. The number of hydrogen-bond acceptors (Lipinski definition) is 2. The number of rotatable bonds is 11. The molecule has 0 amide bonds. The maximum absolute atomic E-state index is 5.44. The minimum Gasteiger partial charge on any atom is -0.379 e. The van der Waals surface area contributed by atoms with Crippen LogP contribution < -0.4 is 0 Å². The fourth-order valence-corrected chi connectivity index (χ4v) is 1.20. The fraction of sp³-hybridized carbons (Fsp3) is 1.00. The summed E-state index contributed by atoms with van der Waals surface area (Å²) in [6, 6.07) is 0. The highest BCUT2D eigenvalue weighted by atomic mass is 16.5. The summed E-state index contributed by atoms with van der Waals surface area (Å²) >= 11 is 0. The second-order valence-electron chi connectivity index (χ2n) is 3.64. The lowest BCUT2D eigenvalue weighted by molar-refractivity contribution is 0.0453. The minimum absolute atomic E-state index is 0.758. The lowest BCUT2D eigenvalue weighted by atomic mass is 10.2. The highest BCUT2D eigenvalue weighted by molar-refractivity contribution is 4.39. The van der Waals surface area contributed by atoms with Crippen LogP contribution in [0, 0.1) is 0 Å². The van der Waals surface area contributed by atoms with Crippen LogP contribution in [0.5, 0.6) is 0 Å². The highest BCUT2D eigenvalue weighted by Crippen LogP contribution is 1.98. The molecular formula is C12H26O2. The minimum atomic E-state index is 0.758. The van der Waals surface area contributed by atoms with Crippen molar-refractivity contribution < 1.29 is 9.47 Å².